The van der Waals surface area contributed by atoms with Crippen molar-refractivity contribution < 1.29 is 9.47 Å². The average molecular weight is 254 g/mol. The Bertz CT molecular complexity index is 573. The van der Waals surface area contributed by atoms with E-state index in [0.29, 0.717) is 30.2 Å². The number of anilines is 1. The van der Waals surface area contributed by atoms with E-state index in [1.807, 2.05) is 18.2 Å². The van der Waals surface area contributed by atoms with Crippen LogP contribution in [0, 0.1) is 11.3 Å². The second-order valence-electron chi connectivity index (χ2n) is 3.91. The van der Waals surface area contributed by atoms with Gasteiger partial charge in [-0.15, -0.1) is 0 Å². The fraction of sp³-hybridized carbons (Fsp3) is 0.133. The highest BCUT2D eigenvalue weighted by atomic mass is 16.5. The maximum absolute atomic E-state index is 8.76. The van der Waals surface area contributed by atoms with Crippen molar-refractivity contribution in [1.82, 2.24) is 0 Å². The highest BCUT2D eigenvalue weighted by molar-refractivity contribution is 5.41. The van der Waals surface area contributed by atoms with Crippen molar-refractivity contribution in [2.45, 2.75) is 0 Å². The molecule has 0 amide bonds. The summed E-state index contributed by atoms with van der Waals surface area (Å²) in [6.07, 6.45) is 0. The third-order valence-corrected chi connectivity index (χ3v) is 2.46. The molecule has 4 heteroatoms. The minimum atomic E-state index is 0.416. The Kier molecular flexibility index (Phi) is 4.25. The second-order valence-corrected chi connectivity index (χ2v) is 3.91. The molecule has 96 valence electrons. The first-order valence-corrected chi connectivity index (χ1v) is 5.89. The van der Waals surface area contributed by atoms with Gasteiger partial charge in [0.1, 0.15) is 24.7 Å². The van der Waals surface area contributed by atoms with E-state index in [4.69, 9.17) is 20.5 Å². The van der Waals surface area contributed by atoms with Crippen LogP contribution in [0.3, 0.4) is 0 Å². The predicted molar refractivity (Wildman–Crippen MR) is 73.0 cm³/mol. The lowest BCUT2D eigenvalue weighted by Gasteiger charge is -2.08. The smallest absolute Gasteiger partial charge is 0.122 e. The molecule has 0 saturated heterocycles. The van der Waals surface area contributed by atoms with E-state index >= 15 is 0 Å². The van der Waals surface area contributed by atoms with E-state index in [0.717, 1.165) is 5.75 Å². The van der Waals surface area contributed by atoms with Crippen LogP contribution in [0.2, 0.25) is 0 Å². The first kappa shape index (κ1) is 12.8. The lowest BCUT2D eigenvalue weighted by Crippen LogP contribution is -2.09. The van der Waals surface area contributed by atoms with Crippen LogP contribution < -0.4 is 15.2 Å². The molecular weight excluding hydrogens is 240 g/mol. The minimum Gasteiger partial charge on any atom is -0.490 e. The molecule has 2 aromatic rings. The summed E-state index contributed by atoms with van der Waals surface area (Å²) in [5.74, 6) is 1.42. The summed E-state index contributed by atoms with van der Waals surface area (Å²) in [7, 11) is 0. The number of nitriles is 1. The third-order valence-electron chi connectivity index (χ3n) is 2.46. The molecule has 0 spiro atoms. The van der Waals surface area contributed by atoms with Gasteiger partial charge in [0.05, 0.1) is 11.6 Å². The van der Waals surface area contributed by atoms with E-state index in [9.17, 15) is 0 Å². The molecule has 0 aliphatic rings. The molecule has 0 bridgehead atoms. The molecule has 2 N–H and O–H groups in total. The topological polar surface area (TPSA) is 68.3 Å². The van der Waals surface area contributed by atoms with Crippen molar-refractivity contribution >= 4 is 5.69 Å². The number of nitrogens with zero attached hydrogens (tertiary/aromatic N) is 1. The van der Waals surface area contributed by atoms with Crippen molar-refractivity contribution in [1.29, 1.82) is 5.26 Å². The molecule has 4 nitrogen and oxygen atoms in total. The van der Waals surface area contributed by atoms with E-state index in [2.05, 4.69) is 6.07 Å². The number of nitrogen functional groups attached to an aromatic ring is 1. The fourth-order valence-electron chi connectivity index (χ4n) is 1.54. The molecule has 0 heterocycles. The van der Waals surface area contributed by atoms with Crippen LogP contribution in [-0.4, -0.2) is 13.2 Å². The van der Waals surface area contributed by atoms with Gasteiger partial charge in [-0.25, -0.2) is 0 Å². The van der Waals surface area contributed by atoms with Gasteiger partial charge >= 0.3 is 0 Å². The van der Waals surface area contributed by atoms with E-state index in [1.165, 1.54) is 0 Å². The molecule has 0 saturated carbocycles. The van der Waals surface area contributed by atoms with Gasteiger partial charge < -0.3 is 15.2 Å². The predicted octanol–water partition coefficient (Wildman–Crippen LogP) is 2.60. The molecule has 0 unspecified atom stereocenters. The highest BCUT2D eigenvalue weighted by Gasteiger charge is 1.97. The van der Waals surface area contributed by atoms with Gasteiger partial charge in [0, 0.05) is 5.69 Å². The zero-order valence-electron chi connectivity index (χ0n) is 10.4. The van der Waals surface area contributed by atoms with Gasteiger partial charge in [-0.2, -0.15) is 5.26 Å². The van der Waals surface area contributed by atoms with E-state index in [-0.39, 0.29) is 0 Å². The van der Waals surface area contributed by atoms with Gasteiger partial charge in [0.25, 0.3) is 0 Å². The van der Waals surface area contributed by atoms with Crippen molar-refractivity contribution in [3.63, 3.8) is 0 Å². The van der Waals surface area contributed by atoms with Crippen LogP contribution in [0.1, 0.15) is 5.56 Å². The largest absolute Gasteiger partial charge is 0.490 e. The monoisotopic (exact) mass is 254 g/mol. The van der Waals surface area contributed by atoms with Crippen molar-refractivity contribution in [2.75, 3.05) is 18.9 Å². The lowest BCUT2D eigenvalue weighted by molar-refractivity contribution is 0.217. The summed E-state index contributed by atoms with van der Waals surface area (Å²) in [4.78, 5) is 0. The molecule has 0 aromatic heterocycles. The summed E-state index contributed by atoms with van der Waals surface area (Å²) < 4.78 is 11.0. The summed E-state index contributed by atoms with van der Waals surface area (Å²) in [6, 6.07) is 16.3. The maximum atomic E-state index is 8.76. The van der Waals surface area contributed by atoms with Gasteiger partial charge in [0.2, 0.25) is 0 Å². The Morgan fingerprint density at radius 2 is 1.63 bits per heavy atom. The van der Waals surface area contributed by atoms with Crippen molar-refractivity contribution in [2.24, 2.45) is 0 Å². The Morgan fingerprint density at radius 1 is 0.947 bits per heavy atom. The normalized spacial score (nSPS) is 9.63. The lowest BCUT2D eigenvalue weighted by atomic mass is 10.2. The molecule has 0 atom stereocenters. The number of hydrogen-bond acceptors (Lipinski definition) is 4. The highest BCUT2D eigenvalue weighted by Crippen LogP contribution is 2.14. The second kappa shape index (κ2) is 6.31. The minimum absolute atomic E-state index is 0.416. The first-order valence-electron chi connectivity index (χ1n) is 5.89. The van der Waals surface area contributed by atoms with Crippen LogP contribution in [0.15, 0.2) is 48.5 Å². The average Bonchev–Trinajstić information content (AvgIpc) is 2.46. The standard InChI is InChI=1S/C15H14N2O2/c16-11-12-2-1-3-15(10-12)19-9-8-18-14-6-4-13(17)5-7-14/h1-7,10H,8-9,17H2. The van der Waals surface area contributed by atoms with E-state index < -0.39 is 0 Å². The molecule has 0 fully saturated rings. The quantitative estimate of drug-likeness (QED) is 0.657. The third kappa shape index (κ3) is 3.93. The van der Waals surface area contributed by atoms with Gasteiger partial charge in [-0.1, -0.05) is 6.07 Å². The Labute approximate surface area is 112 Å². The van der Waals surface area contributed by atoms with Crippen molar-refractivity contribution in [3.8, 4) is 17.6 Å². The molecular formula is C15H14N2O2. The maximum Gasteiger partial charge on any atom is 0.122 e. The Balaban J connectivity index is 1.77. The summed E-state index contributed by atoms with van der Waals surface area (Å²) in [6.45, 7) is 0.847. The number of hydrogen-bond donors (Lipinski definition) is 1. The van der Waals surface area contributed by atoms with Gasteiger partial charge in [-0.05, 0) is 42.5 Å². The number of rotatable bonds is 5. The Morgan fingerprint density at radius 3 is 2.32 bits per heavy atom. The number of benzene rings is 2. The summed E-state index contributed by atoms with van der Waals surface area (Å²) in [5.41, 5.74) is 6.86. The molecule has 2 aromatic carbocycles. The molecule has 0 radical (unpaired) electrons. The van der Waals surface area contributed by atoms with Gasteiger partial charge in [-0.3, -0.25) is 0 Å². The SMILES string of the molecule is N#Cc1cccc(OCCOc2ccc(N)cc2)c1. The van der Waals surface area contributed by atoms with Crippen LogP contribution in [0.4, 0.5) is 5.69 Å². The van der Waals surface area contributed by atoms with Crippen LogP contribution in [0.5, 0.6) is 11.5 Å². The zero-order chi connectivity index (χ0) is 13.5. The first-order chi connectivity index (χ1) is 9.28. The molecule has 19 heavy (non-hydrogen) atoms. The van der Waals surface area contributed by atoms with Crippen LogP contribution in [-0.2, 0) is 0 Å². The number of ether oxygens (including phenoxy) is 2. The summed E-state index contributed by atoms with van der Waals surface area (Å²) >= 11 is 0. The number of nitrogens with two attached hydrogens (primary N) is 1. The van der Waals surface area contributed by atoms with E-state index in [1.54, 1.807) is 30.3 Å². The molecule has 2 rings (SSSR count). The fourth-order valence-corrected chi connectivity index (χ4v) is 1.54. The molecule has 0 aliphatic carbocycles. The van der Waals surface area contributed by atoms with Crippen molar-refractivity contribution in [3.05, 3.63) is 54.1 Å². The Hall–Kier alpha value is -2.67. The summed E-state index contributed by atoms with van der Waals surface area (Å²) in [5, 5.41) is 8.76. The van der Waals surface area contributed by atoms with Crippen LogP contribution in [0.25, 0.3) is 0 Å². The van der Waals surface area contributed by atoms with Gasteiger partial charge in [0.15, 0.2) is 0 Å². The van der Waals surface area contributed by atoms with Crippen LogP contribution >= 0.6 is 0 Å². The molecule has 0 aliphatic heterocycles. The zero-order valence-corrected chi connectivity index (χ0v) is 10.4.